The van der Waals surface area contributed by atoms with Crippen LogP contribution < -0.4 is 11.1 Å². The van der Waals surface area contributed by atoms with Crippen LogP contribution in [0.1, 0.15) is 45.1 Å². The fourth-order valence-corrected chi connectivity index (χ4v) is 2.96. The van der Waals surface area contributed by atoms with Gasteiger partial charge in [0.2, 0.25) is 5.91 Å². The van der Waals surface area contributed by atoms with E-state index < -0.39 is 5.41 Å². The van der Waals surface area contributed by atoms with Gasteiger partial charge in [0.25, 0.3) is 0 Å². The van der Waals surface area contributed by atoms with Gasteiger partial charge in [-0.25, -0.2) is 0 Å². The smallest absolute Gasteiger partial charge is 0.238 e. The van der Waals surface area contributed by atoms with Crippen LogP contribution in [0.25, 0.3) is 0 Å². The summed E-state index contributed by atoms with van der Waals surface area (Å²) in [4.78, 5) is 12.6. The first-order chi connectivity index (χ1) is 9.89. The number of hydrogen-bond acceptors (Lipinski definition) is 3. The molecule has 0 unspecified atom stereocenters. The molecule has 2 rings (SSSR count). The van der Waals surface area contributed by atoms with Gasteiger partial charge in [-0.2, -0.15) is 0 Å². The molecule has 1 aliphatic rings. The van der Waals surface area contributed by atoms with Crippen LogP contribution in [0.15, 0.2) is 29.4 Å². The van der Waals surface area contributed by atoms with E-state index in [4.69, 9.17) is 10.9 Å². The number of oxime groups is 1. The summed E-state index contributed by atoms with van der Waals surface area (Å²) in [6.45, 7) is 6.26. The van der Waals surface area contributed by atoms with Gasteiger partial charge in [-0.15, -0.1) is 0 Å². The van der Waals surface area contributed by atoms with Crippen molar-refractivity contribution in [3.05, 3.63) is 29.8 Å². The average molecular weight is 289 g/mol. The zero-order valence-corrected chi connectivity index (χ0v) is 12.8. The normalized spacial score (nSPS) is 25.5. The molecule has 0 saturated heterocycles. The second kappa shape index (κ2) is 5.76. The largest absolute Gasteiger partial charge is 0.409 e. The number of amides is 1. The van der Waals surface area contributed by atoms with Crippen molar-refractivity contribution in [1.82, 2.24) is 0 Å². The Labute approximate surface area is 125 Å². The van der Waals surface area contributed by atoms with Gasteiger partial charge >= 0.3 is 0 Å². The van der Waals surface area contributed by atoms with E-state index in [0.29, 0.717) is 24.7 Å². The van der Waals surface area contributed by atoms with Gasteiger partial charge in [-0.05, 0) is 42.4 Å². The van der Waals surface area contributed by atoms with E-state index in [0.717, 1.165) is 11.3 Å². The molecule has 1 saturated carbocycles. The van der Waals surface area contributed by atoms with Crippen molar-refractivity contribution in [2.45, 2.75) is 39.5 Å². The molecular weight excluding hydrogens is 266 g/mol. The molecule has 0 radical (unpaired) electrons. The number of rotatable bonds is 4. The van der Waals surface area contributed by atoms with Crippen LogP contribution in [-0.2, 0) is 4.79 Å². The molecule has 1 amide bonds. The number of carbonyl (C=O) groups is 1. The molecule has 21 heavy (non-hydrogen) atoms. The Morgan fingerprint density at radius 3 is 2.67 bits per heavy atom. The van der Waals surface area contributed by atoms with E-state index in [1.54, 1.807) is 0 Å². The molecule has 0 aromatic heterocycles. The number of benzene rings is 1. The summed E-state index contributed by atoms with van der Waals surface area (Å²) in [7, 11) is 0. The van der Waals surface area contributed by atoms with E-state index in [1.807, 2.05) is 24.3 Å². The molecule has 114 valence electrons. The first-order valence-electron chi connectivity index (χ1n) is 7.28. The standard InChI is InChI=1S/C16H23N3O2/c1-10(2)12-5-4-6-13(7-12)18-15(20)16(14(17)19-21)8-11(3)9-16/h4-7,10-11,21H,8-9H2,1-3H3,(H2,17,19)(H,18,20). The van der Waals surface area contributed by atoms with Gasteiger partial charge in [-0.3, -0.25) is 4.79 Å². The van der Waals surface area contributed by atoms with E-state index in [9.17, 15) is 4.79 Å². The second-order valence-corrected chi connectivity index (χ2v) is 6.32. The Morgan fingerprint density at radius 1 is 1.48 bits per heavy atom. The van der Waals surface area contributed by atoms with Crippen LogP contribution in [-0.4, -0.2) is 17.0 Å². The monoisotopic (exact) mass is 289 g/mol. The highest BCUT2D eigenvalue weighted by atomic mass is 16.4. The minimum atomic E-state index is -0.873. The Bertz CT molecular complexity index is 560. The third-order valence-electron chi connectivity index (χ3n) is 4.24. The van der Waals surface area contributed by atoms with Gasteiger partial charge in [-0.1, -0.05) is 38.1 Å². The second-order valence-electron chi connectivity index (χ2n) is 6.32. The lowest BCUT2D eigenvalue weighted by Crippen LogP contribution is -2.54. The summed E-state index contributed by atoms with van der Waals surface area (Å²) in [6.07, 6.45) is 1.22. The van der Waals surface area contributed by atoms with Crippen LogP contribution in [0, 0.1) is 11.3 Å². The first-order valence-corrected chi connectivity index (χ1v) is 7.28. The fraction of sp³-hybridized carbons (Fsp3) is 0.500. The van der Waals surface area contributed by atoms with E-state index in [1.165, 1.54) is 0 Å². The fourth-order valence-electron chi connectivity index (χ4n) is 2.96. The van der Waals surface area contributed by atoms with Crippen LogP contribution in [0.2, 0.25) is 0 Å². The maximum atomic E-state index is 12.6. The summed E-state index contributed by atoms with van der Waals surface area (Å²) in [5, 5.41) is 14.9. The van der Waals surface area contributed by atoms with Crippen LogP contribution in [0.3, 0.4) is 0 Å². The number of nitrogens with two attached hydrogens (primary N) is 1. The Balaban J connectivity index is 2.19. The molecule has 1 aromatic carbocycles. The van der Waals surface area contributed by atoms with E-state index in [2.05, 4.69) is 31.2 Å². The molecule has 5 nitrogen and oxygen atoms in total. The van der Waals surface area contributed by atoms with Crippen molar-refractivity contribution in [2.75, 3.05) is 5.32 Å². The number of amidine groups is 1. The first kappa shape index (κ1) is 15.4. The molecule has 1 fully saturated rings. The average Bonchev–Trinajstić information content (AvgIpc) is 2.42. The predicted molar refractivity (Wildman–Crippen MR) is 83.4 cm³/mol. The lowest BCUT2D eigenvalue weighted by Gasteiger charge is -2.43. The quantitative estimate of drug-likeness (QED) is 0.345. The number of hydrogen-bond donors (Lipinski definition) is 3. The summed E-state index contributed by atoms with van der Waals surface area (Å²) in [5.41, 5.74) is 6.78. The predicted octanol–water partition coefficient (Wildman–Crippen LogP) is 2.91. The zero-order chi connectivity index (χ0) is 15.6. The molecule has 0 spiro atoms. The number of nitrogens with one attached hydrogen (secondary N) is 1. The van der Waals surface area contributed by atoms with Crippen molar-refractivity contribution in [3.8, 4) is 0 Å². The molecule has 1 aromatic rings. The van der Waals surface area contributed by atoms with Crippen molar-refractivity contribution in [2.24, 2.45) is 22.2 Å². The minimum Gasteiger partial charge on any atom is -0.409 e. The summed E-state index contributed by atoms with van der Waals surface area (Å²) in [5.74, 6) is 0.594. The van der Waals surface area contributed by atoms with E-state index >= 15 is 0 Å². The Kier molecular flexibility index (Phi) is 4.21. The number of anilines is 1. The van der Waals surface area contributed by atoms with Gasteiger partial charge in [0.1, 0.15) is 5.41 Å². The van der Waals surface area contributed by atoms with Crippen molar-refractivity contribution in [3.63, 3.8) is 0 Å². The molecule has 0 atom stereocenters. The summed E-state index contributed by atoms with van der Waals surface area (Å²) in [6, 6.07) is 7.77. The summed E-state index contributed by atoms with van der Waals surface area (Å²) >= 11 is 0. The minimum absolute atomic E-state index is 0.00175. The van der Waals surface area contributed by atoms with Gasteiger partial charge in [0.15, 0.2) is 5.84 Å². The molecule has 1 aliphatic carbocycles. The third-order valence-corrected chi connectivity index (χ3v) is 4.24. The SMILES string of the molecule is CC1CC(C(=O)Nc2cccc(C(C)C)c2)(/C(N)=N/O)C1. The molecule has 5 heteroatoms. The molecule has 0 heterocycles. The van der Waals surface area contributed by atoms with Crippen molar-refractivity contribution in [1.29, 1.82) is 0 Å². The highest BCUT2D eigenvalue weighted by Crippen LogP contribution is 2.46. The molecule has 0 aliphatic heterocycles. The zero-order valence-electron chi connectivity index (χ0n) is 12.8. The van der Waals surface area contributed by atoms with Crippen molar-refractivity contribution < 1.29 is 10.0 Å². The topological polar surface area (TPSA) is 87.7 Å². The van der Waals surface area contributed by atoms with Crippen LogP contribution >= 0.6 is 0 Å². The highest BCUT2D eigenvalue weighted by Gasteiger charge is 2.52. The van der Waals surface area contributed by atoms with Gasteiger partial charge in [0.05, 0.1) is 0 Å². The maximum Gasteiger partial charge on any atom is 0.238 e. The third kappa shape index (κ3) is 2.86. The Morgan fingerprint density at radius 2 is 2.14 bits per heavy atom. The molecular formula is C16H23N3O2. The van der Waals surface area contributed by atoms with E-state index in [-0.39, 0.29) is 11.7 Å². The molecule has 0 bridgehead atoms. The van der Waals surface area contributed by atoms with Gasteiger partial charge < -0.3 is 16.3 Å². The van der Waals surface area contributed by atoms with Gasteiger partial charge in [0, 0.05) is 5.69 Å². The number of nitrogens with zero attached hydrogens (tertiary/aromatic N) is 1. The molecule has 4 N–H and O–H groups in total. The number of carbonyl (C=O) groups excluding carboxylic acids is 1. The maximum absolute atomic E-state index is 12.6. The lowest BCUT2D eigenvalue weighted by molar-refractivity contribution is -0.127. The summed E-state index contributed by atoms with van der Waals surface area (Å²) < 4.78 is 0. The van der Waals surface area contributed by atoms with Crippen LogP contribution in [0.5, 0.6) is 0 Å². The van der Waals surface area contributed by atoms with Crippen molar-refractivity contribution >= 4 is 17.4 Å². The lowest BCUT2D eigenvalue weighted by atomic mass is 9.61. The Hall–Kier alpha value is -2.04. The highest BCUT2D eigenvalue weighted by molar-refractivity contribution is 6.12. The van der Waals surface area contributed by atoms with Crippen LogP contribution in [0.4, 0.5) is 5.69 Å².